The Balaban J connectivity index is 1.83. The van der Waals surface area contributed by atoms with Gasteiger partial charge in [0.2, 0.25) is 0 Å². The topological polar surface area (TPSA) is 45.5 Å². The lowest BCUT2D eigenvalue weighted by atomic mass is 9.92. The molecule has 0 aliphatic rings. The third-order valence-electron chi connectivity index (χ3n) is 4.98. The molecule has 0 radical (unpaired) electrons. The zero-order valence-corrected chi connectivity index (χ0v) is 17.6. The van der Waals surface area contributed by atoms with Gasteiger partial charge in [-0.2, -0.15) is 9.61 Å². The third-order valence-corrected chi connectivity index (χ3v) is 4.98. The molecule has 0 atom stereocenters. The van der Waals surface area contributed by atoms with Gasteiger partial charge in [0.25, 0.3) is 0 Å². The van der Waals surface area contributed by atoms with Crippen molar-refractivity contribution in [2.75, 3.05) is 24.3 Å². The Bertz CT molecular complexity index is 1120. The first-order valence-corrected chi connectivity index (χ1v) is 9.82. The highest BCUT2D eigenvalue weighted by Gasteiger charge is 2.20. The highest BCUT2D eigenvalue weighted by Crippen LogP contribution is 2.31. The van der Waals surface area contributed by atoms with Gasteiger partial charge in [-0.25, -0.2) is 4.98 Å². The summed E-state index contributed by atoms with van der Waals surface area (Å²) in [6.45, 7) is 6.54. The molecule has 0 spiro atoms. The molecule has 148 valence electrons. The Morgan fingerprint density at radius 1 is 0.931 bits per heavy atom. The van der Waals surface area contributed by atoms with Crippen molar-refractivity contribution in [3.8, 4) is 11.1 Å². The number of anilines is 3. The second-order valence-electron chi connectivity index (χ2n) is 8.50. The average Bonchev–Trinajstić information content (AvgIpc) is 3.13. The van der Waals surface area contributed by atoms with Crippen LogP contribution in [0.4, 0.5) is 17.2 Å². The van der Waals surface area contributed by atoms with Gasteiger partial charge < -0.3 is 10.2 Å². The molecule has 2 aromatic heterocycles. The largest absolute Gasteiger partial charge is 0.378 e. The van der Waals surface area contributed by atoms with Crippen LogP contribution in [0.5, 0.6) is 0 Å². The molecule has 4 rings (SSSR count). The Kier molecular flexibility index (Phi) is 4.74. The summed E-state index contributed by atoms with van der Waals surface area (Å²) in [7, 11) is 4.08. The molecule has 0 unspecified atom stereocenters. The van der Waals surface area contributed by atoms with Gasteiger partial charge in [-0.3, -0.25) is 0 Å². The molecule has 5 nitrogen and oxygen atoms in total. The fourth-order valence-corrected chi connectivity index (χ4v) is 3.25. The Hall–Kier alpha value is -3.34. The molecule has 1 N–H and O–H groups in total. The molecule has 2 heterocycles. The molecule has 0 amide bonds. The molecule has 0 aliphatic heterocycles. The van der Waals surface area contributed by atoms with Gasteiger partial charge >= 0.3 is 0 Å². The summed E-state index contributed by atoms with van der Waals surface area (Å²) >= 11 is 0. The van der Waals surface area contributed by atoms with Gasteiger partial charge in [0, 0.05) is 42.5 Å². The Morgan fingerprint density at radius 2 is 1.62 bits per heavy atom. The maximum atomic E-state index is 4.98. The van der Waals surface area contributed by atoms with Crippen LogP contribution < -0.4 is 10.2 Å². The van der Waals surface area contributed by atoms with E-state index >= 15 is 0 Å². The van der Waals surface area contributed by atoms with Gasteiger partial charge in [-0.05, 0) is 29.8 Å². The van der Waals surface area contributed by atoms with Crippen LogP contribution in [0.2, 0.25) is 0 Å². The number of benzene rings is 2. The van der Waals surface area contributed by atoms with Crippen LogP contribution in [0.25, 0.3) is 16.8 Å². The smallest absolute Gasteiger partial charge is 0.165 e. The zero-order valence-electron chi connectivity index (χ0n) is 17.6. The van der Waals surface area contributed by atoms with E-state index in [2.05, 4.69) is 78.6 Å². The SMILES string of the molecule is CN(C)c1ccc(Nc2cc(C(C)(C)C)nc3c(-c4ccccc4)cnn23)cc1. The van der Waals surface area contributed by atoms with Crippen molar-refractivity contribution in [2.24, 2.45) is 0 Å². The van der Waals surface area contributed by atoms with Gasteiger partial charge in [0.1, 0.15) is 5.82 Å². The summed E-state index contributed by atoms with van der Waals surface area (Å²) in [5.74, 6) is 0.903. The van der Waals surface area contributed by atoms with Crippen LogP contribution >= 0.6 is 0 Å². The molecule has 5 heteroatoms. The van der Waals surface area contributed by atoms with E-state index < -0.39 is 0 Å². The number of nitrogens with zero attached hydrogens (tertiary/aromatic N) is 4. The number of hydrogen-bond acceptors (Lipinski definition) is 4. The molecular formula is C24H27N5. The fraction of sp³-hybridized carbons (Fsp3) is 0.250. The first-order chi connectivity index (χ1) is 13.8. The van der Waals surface area contributed by atoms with E-state index in [1.54, 1.807) is 0 Å². The van der Waals surface area contributed by atoms with Crippen LogP contribution in [-0.2, 0) is 5.41 Å². The molecule has 0 bridgehead atoms. The number of nitrogens with one attached hydrogen (secondary N) is 1. The Labute approximate surface area is 172 Å². The first-order valence-electron chi connectivity index (χ1n) is 9.82. The number of fused-ring (bicyclic) bond motifs is 1. The summed E-state index contributed by atoms with van der Waals surface area (Å²) in [4.78, 5) is 7.07. The average molecular weight is 386 g/mol. The van der Waals surface area contributed by atoms with Gasteiger partial charge in [0.05, 0.1) is 11.9 Å². The fourth-order valence-electron chi connectivity index (χ4n) is 3.25. The summed E-state index contributed by atoms with van der Waals surface area (Å²) in [6, 6.07) is 20.7. The van der Waals surface area contributed by atoms with Gasteiger partial charge in [0.15, 0.2) is 5.65 Å². The maximum absolute atomic E-state index is 4.98. The predicted molar refractivity (Wildman–Crippen MR) is 121 cm³/mol. The number of aromatic nitrogens is 3. The normalized spacial score (nSPS) is 11.6. The highest BCUT2D eigenvalue weighted by molar-refractivity contribution is 5.79. The molecule has 29 heavy (non-hydrogen) atoms. The van der Waals surface area contributed by atoms with Crippen molar-refractivity contribution in [2.45, 2.75) is 26.2 Å². The van der Waals surface area contributed by atoms with Crippen molar-refractivity contribution in [3.05, 3.63) is 72.6 Å². The zero-order chi connectivity index (χ0) is 20.6. The predicted octanol–water partition coefficient (Wildman–Crippen LogP) is 5.50. The van der Waals surface area contributed by atoms with E-state index in [9.17, 15) is 0 Å². The Morgan fingerprint density at radius 3 is 2.24 bits per heavy atom. The van der Waals surface area contributed by atoms with E-state index in [-0.39, 0.29) is 5.41 Å². The summed E-state index contributed by atoms with van der Waals surface area (Å²) in [6.07, 6.45) is 1.89. The van der Waals surface area contributed by atoms with Crippen molar-refractivity contribution in [3.63, 3.8) is 0 Å². The third kappa shape index (κ3) is 3.81. The lowest BCUT2D eigenvalue weighted by Crippen LogP contribution is -2.16. The molecule has 0 saturated carbocycles. The second-order valence-corrected chi connectivity index (χ2v) is 8.50. The van der Waals surface area contributed by atoms with Crippen LogP contribution in [0.1, 0.15) is 26.5 Å². The minimum Gasteiger partial charge on any atom is -0.378 e. The van der Waals surface area contributed by atoms with E-state index in [1.807, 2.05) is 43.0 Å². The van der Waals surface area contributed by atoms with Gasteiger partial charge in [-0.15, -0.1) is 0 Å². The van der Waals surface area contributed by atoms with Crippen molar-refractivity contribution < 1.29 is 0 Å². The van der Waals surface area contributed by atoms with Crippen LogP contribution in [0.3, 0.4) is 0 Å². The monoisotopic (exact) mass is 385 g/mol. The van der Waals surface area contributed by atoms with Crippen LogP contribution in [0.15, 0.2) is 66.9 Å². The van der Waals surface area contributed by atoms with E-state index in [4.69, 9.17) is 4.98 Å². The minimum atomic E-state index is -0.0782. The quantitative estimate of drug-likeness (QED) is 0.504. The molecule has 0 aliphatic carbocycles. The molecule has 0 fully saturated rings. The van der Waals surface area contributed by atoms with Gasteiger partial charge in [-0.1, -0.05) is 51.1 Å². The van der Waals surface area contributed by atoms with E-state index in [0.717, 1.165) is 39.7 Å². The molecule has 0 saturated heterocycles. The maximum Gasteiger partial charge on any atom is 0.165 e. The lowest BCUT2D eigenvalue weighted by molar-refractivity contribution is 0.569. The van der Waals surface area contributed by atoms with E-state index in [1.165, 1.54) is 0 Å². The second kappa shape index (κ2) is 7.24. The summed E-state index contributed by atoms with van der Waals surface area (Å²) in [5, 5.41) is 8.18. The minimum absolute atomic E-state index is 0.0782. The van der Waals surface area contributed by atoms with Crippen molar-refractivity contribution in [1.29, 1.82) is 0 Å². The highest BCUT2D eigenvalue weighted by atomic mass is 15.3. The van der Waals surface area contributed by atoms with Crippen LogP contribution in [-0.4, -0.2) is 28.7 Å². The molecular weight excluding hydrogens is 358 g/mol. The summed E-state index contributed by atoms with van der Waals surface area (Å²) in [5.41, 5.74) is 6.12. The van der Waals surface area contributed by atoms with Crippen molar-refractivity contribution in [1.82, 2.24) is 14.6 Å². The first kappa shape index (κ1) is 19.0. The summed E-state index contributed by atoms with van der Waals surface area (Å²) < 4.78 is 1.89. The number of rotatable bonds is 4. The molecule has 4 aromatic rings. The van der Waals surface area contributed by atoms with Crippen molar-refractivity contribution >= 4 is 22.8 Å². The standard InChI is InChI=1S/C24H27N5/c1-24(2,3)21-15-22(26-18-11-13-19(14-12-18)28(4)5)29-23(27-21)20(16-25-29)17-9-7-6-8-10-17/h6-16,26H,1-5H3. The molecule has 2 aromatic carbocycles. The number of hydrogen-bond donors (Lipinski definition) is 1. The van der Waals surface area contributed by atoms with E-state index in [0.29, 0.717) is 0 Å². The van der Waals surface area contributed by atoms with Crippen LogP contribution in [0, 0.1) is 0 Å². The lowest BCUT2D eigenvalue weighted by Gasteiger charge is -2.20.